The van der Waals surface area contributed by atoms with Gasteiger partial charge in [-0.2, -0.15) is 0 Å². The molecule has 0 saturated heterocycles. The van der Waals surface area contributed by atoms with E-state index >= 15 is 0 Å². The fourth-order valence-corrected chi connectivity index (χ4v) is 3.49. The van der Waals surface area contributed by atoms with Crippen LogP contribution in [0.4, 0.5) is 0 Å². The normalized spacial score (nSPS) is 16.9. The molecule has 1 unspecified atom stereocenters. The molecule has 0 amide bonds. The van der Waals surface area contributed by atoms with Crippen LogP contribution in [0.1, 0.15) is 37.8 Å². The lowest BCUT2D eigenvalue weighted by atomic mass is 10.0. The number of hydrogen-bond acceptors (Lipinski definition) is 2. The van der Waals surface area contributed by atoms with Crippen molar-refractivity contribution in [2.75, 3.05) is 19.6 Å². The topological polar surface area (TPSA) is 29.3 Å². The second kappa shape index (κ2) is 7.07. The molecule has 0 aliphatic heterocycles. The molecule has 1 atom stereocenters. The van der Waals surface area contributed by atoms with Crippen molar-refractivity contribution in [1.29, 1.82) is 0 Å². The highest BCUT2D eigenvalue weighted by molar-refractivity contribution is 9.10. The first-order valence-corrected chi connectivity index (χ1v) is 8.21. The van der Waals surface area contributed by atoms with E-state index in [0.717, 1.165) is 28.4 Å². The van der Waals surface area contributed by atoms with E-state index in [-0.39, 0.29) is 6.04 Å². The third-order valence-corrected chi connectivity index (χ3v) is 4.61. The second-order valence-electron chi connectivity index (χ2n) is 5.36. The number of nitrogens with two attached hydrogens (primary N) is 1. The fraction of sp³-hybridized carbons (Fsp3) is 0.600. The molecule has 1 aliphatic carbocycles. The summed E-state index contributed by atoms with van der Waals surface area (Å²) in [7, 11) is 0. The van der Waals surface area contributed by atoms with E-state index < -0.39 is 0 Å². The van der Waals surface area contributed by atoms with E-state index in [1.807, 2.05) is 12.1 Å². The second-order valence-corrected chi connectivity index (χ2v) is 6.65. The Hall–Kier alpha value is -0.0900. The van der Waals surface area contributed by atoms with E-state index in [1.165, 1.54) is 24.9 Å². The Labute approximate surface area is 129 Å². The molecule has 1 saturated carbocycles. The van der Waals surface area contributed by atoms with Gasteiger partial charge in [-0.1, -0.05) is 40.5 Å². The molecule has 1 aromatic carbocycles. The number of hydrogen-bond donors (Lipinski definition) is 1. The third-order valence-electron chi connectivity index (χ3n) is 3.69. The molecule has 19 heavy (non-hydrogen) atoms. The molecule has 106 valence electrons. The van der Waals surface area contributed by atoms with Crippen LogP contribution in [0.5, 0.6) is 0 Å². The van der Waals surface area contributed by atoms with Crippen molar-refractivity contribution < 1.29 is 0 Å². The third kappa shape index (κ3) is 4.19. The highest BCUT2D eigenvalue weighted by Gasteiger charge is 2.28. The van der Waals surface area contributed by atoms with Gasteiger partial charge in [0.2, 0.25) is 0 Å². The van der Waals surface area contributed by atoms with Crippen molar-refractivity contribution in [3.05, 3.63) is 33.3 Å². The maximum Gasteiger partial charge on any atom is 0.0481 e. The summed E-state index contributed by atoms with van der Waals surface area (Å²) in [6.07, 6.45) is 3.91. The van der Waals surface area contributed by atoms with Gasteiger partial charge in [0.15, 0.2) is 0 Å². The first-order chi connectivity index (χ1) is 9.15. The van der Waals surface area contributed by atoms with Crippen LogP contribution in [0, 0.1) is 5.92 Å². The lowest BCUT2D eigenvalue weighted by Crippen LogP contribution is -2.36. The Balaban J connectivity index is 2.19. The molecule has 1 fully saturated rings. The van der Waals surface area contributed by atoms with Gasteiger partial charge < -0.3 is 5.73 Å². The summed E-state index contributed by atoms with van der Waals surface area (Å²) in [6.45, 7) is 5.15. The molecule has 0 radical (unpaired) electrons. The number of benzene rings is 1. The van der Waals surface area contributed by atoms with Gasteiger partial charge in [0.1, 0.15) is 0 Å². The predicted octanol–water partition coefficient (Wildman–Crippen LogP) is 4.22. The highest BCUT2D eigenvalue weighted by Crippen LogP contribution is 2.35. The van der Waals surface area contributed by atoms with E-state index in [0.29, 0.717) is 6.54 Å². The molecule has 2 nitrogen and oxygen atoms in total. The maximum atomic E-state index is 6.04. The molecule has 0 bridgehead atoms. The lowest BCUT2D eigenvalue weighted by Gasteiger charge is -2.31. The van der Waals surface area contributed by atoms with Crippen LogP contribution in [0.15, 0.2) is 22.7 Å². The van der Waals surface area contributed by atoms with Crippen LogP contribution in [0.2, 0.25) is 5.02 Å². The molecule has 0 heterocycles. The highest BCUT2D eigenvalue weighted by atomic mass is 79.9. The van der Waals surface area contributed by atoms with Crippen LogP contribution in [0.3, 0.4) is 0 Å². The minimum absolute atomic E-state index is 0.284. The number of rotatable bonds is 7. The van der Waals surface area contributed by atoms with Gasteiger partial charge in [-0.3, -0.25) is 4.90 Å². The van der Waals surface area contributed by atoms with Crippen molar-refractivity contribution in [1.82, 2.24) is 4.90 Å². The van der Waals surface area contributed by atoms with Gasteiger partial charge in [-0.05, 0) is 49.4 Å². The minimum Gasteiger partial charge on any atom is -0.329 e. The van der Waals surface area contributed by atoms with Crippen molar-refractivity contribution in [2.24, 2.45) is 11.7 Å². The molecule has 1 aromatic rings. The summed E-state index contributed by atoms with van der Waals surface area (Å²) >= 11 is 9.65. The van der Waals surface area contributed by atoms with Gasteiger partial charge in [0.05, 0.1) is 0 Å². The van der Waals surface area contributed by atoms with E-state index in [2.05, 4.69) is 33.8 Å². The Morgan fingerprint density at radius 2 is 2.21 bits per heavy atom. The van der Waals surface area contributed by atoms with Gasteiger partial charge in [0.25, 0.3) is 0 Å². The Kier molecular flexibility index (Phi) is 5.70. The van der Waals surface area contributed by atoms with Crippen LogP contribution in [0.25, 0.3) is 0 Å². The van der Waals surface area contributed by atoms with Crippen LogP contribution >= 0.6 is 27.5 Å². The van der Waals surface area contributed by atoms with Crippen LogP contribution in [-0.2, 0) is 0 Å². The fourth-order valence-electron chi connectivity index (χ4n) is 2.54. The average molecular weight is 346 g/mol. The zero-order valence-electron chi connectivity index (χ0n) is 11.4. The average Bonchev–Trinajstić information content (AvgIpc) is 3.17. The monoisotopic (exact) mass is 344 g/mol. The Morgan fingerprint density at radius 1 is 1.47 bits per heavy atom. The van der Waals surface area contributed by atoms with Gasteiger partial charge in [-0.25, -0.2) is 0 Å². The molecule has 4 heteroatoms. The van der Waals surface area contributed by atoms with Gasteiger partial charge >= 0.3 is 0 Å². The Morgan fingerprint density at radius 3 is 2.74 bits per heavy atom. The molecule has 2 N–H and O–H groups in total. The predicted molar refractivity (Wildman–Crippen MR) is 85.5 cm³/mol. The summed E-state index contributed by atoms with van der Waals surface area (Å²) in [5.41, 5.74) is 7.29. The minimum atomic E-state index is 0.284. The van der Waals surface area contributed by atoms with E-state index in [9.17, 15) is 0 Å². The number of nitrogens with zero attached hydrogens (tertiary/aromatic N) is 1. The van der Waals surface area contributed by atoms with Crippen molar-refractivity contribution in [3.8, 4) is 0 Å². The SMILES string of the molecule is CCCN(CC1CC1)C(CN)c1ccc(Cl)cc1Br. The Bertz CT molecular complexity index is 421. The summed E-state index contributed by atoms with van der Waals surface area (Å²) in [4.78, 5) is 2.53. The molecule has 0 aromatic heterocycles. The first-order valence-electron chi connectivity index (χ1n) is 7.04. The first kappa shape index (κ1) is 15.3. The smallest absolute Gasteiger partial charge is 0.0481 e. The van der Waals surface area contributed by atoms with Crippen molar-refractivity contribution >= 4 is 27.5 Å². The largest absolute Gasteiger partial charge is 0.329 e. The lowest BCUT2D eigenvalue weighted by molar-refractivity contribution is 0.193. The number of halogens is 2. The maximum absolute atomic E-state index is 6.04. The molecule has 0 spiro atoms. The zero-order valence-corrected chi connectivity index (χ0v) is 13.8. The molecular weight excluding hydrogens is 324 g/mol. The van der Waals surface area contributed by atoms with Crippen LogP contribution < -0.4 is 5.73 Å². The van der Waals surface area contributed by atoms with Gasteiger partial charge in [0, 0.05) is 28.6 Å². The van der Waals surface area contributed by atoms with Crippen molar-refractivity contribution in [3.63, 3.8) is 0 Å². The van der Waals surface area contributed by atoms with Crippen LogP contribution in [-0.4, -0.2) is 24.5 Å². The standard InChI is InChI=1S/C15H22BrClN2/c1-2-7-19(10-11-3-4-11)15(9-18)13-6-5-12(17)8-14(13)16/h5-6,8,11,15H,2-4,7,9-10,18H2,1H3. The zero-order chi connectivity index (χ0) is 13.8. The molecule has 2 rings (SSSR count). The molecular formula is C15H22BrClN2. The summed E-state index contributed by atoms with van der Waals surface area (Å²) in [5, 5.41) is 0.760. The summed E-state index contributed by atoms with van der Waals surface area (Å²) < 4.78 is 1.06. The van der Waals surface area contributed by atoms with Crippen molar-refractivity contribution in [2.45, 2.75) is 32.2 Å². The van der Waals surface area contributed by atoms with E-state index in [1.54, 1.807) is 0 Å². The van der Waals surface area contributed by atoms with E-state index in [4.69, 9.17) is 17.3 Å². The summed E-state index contributed by atoms with van der Waals surface area (Å²) in [5.74, 6) is 0.881. The quantitative estimate of drug-likeness (QED) is 0.801. The van der Waals surface area contributed by atoms with Gasteiger partial charge in [-0.15, -0.1) is 0 Å². The molecule has 1 aliphatic rings. The summed E-state index contributed by atoms with van der Waals surface area (Å²) in [6, 6.07) is 6.29.